The number of amides is 1. The number of ether oxygens (including phenoxy) is 1. The van der Waals surface area contributed by atoms with Crippen LogP contribution < -0.4 is 11.1 Å². The Morgan fingerprint density at radius 3 is 2.74 bits per heavy atom. The van der Waals surface area contributed by atoms with E-state index in [1.165, 1.54) is 12.8 Å². The summed E-state index contributed by atoms with van der Waals surface area (Å²) in [5.74, 6) is 0.546. The number of carbonyl (C=O) groups is 1. The van der Waals surface area contributed by atoms with E-state index in [4.69, 9.17) is 10.5 Å². The molecule has 3 N–H and O–H groups in total. The first-order valence-electron chi connectivity index (χ1n) is 7.73. The SMILES string of the molecule is CC(C)OCCCCNC(=O)CC1CCCCC1N. The van der Waals surface area contributed by atoms with Crippen molar-refractivity contribution in [2.45, 2.75) is 70.9 Å². The largest absolute Gasteiger partial charge is 0.379 e. The Labute approximate surface area is 117 Å². The number of carbonyl (C=O) groups excluding carboxylic acids is 1. The van der Waals surface area contributed by atoms with Gasteiger partial charge < -0.3 is 15.8 Å². The molecule has 0 aromatic rings. The molecule has 0 aromatic carbocycles. The zero-order valence-electron chi connectivity index (χ0n) is 12.5. The van der Waals surface area contributed by atoms with Crippen LogP contribution in [-0.2, 0) is 9.53 Å². The fourth-order valence-electron chi connectivity index (χ4n) is 2.57. The Morgan fingerprint density at radius 2 is 2.05 bits per heavy atom. The van der Waals surface area contributed by atoms with Crippen molar-refractivity contribution >= 4 is 5.91 Å². The van der Waals surface area contributed by atoms with Gasteiger partial charge in [-0.05, 0) is 45.4 Å². The van der Waals surface area contributed by atoms with Gasteiger partial charge in [-0.2, -0.15) is 0 Å². The summed E-state index contributed by atoms with van der Waals surface area (Å²) in [7, 11) is 0. The Hall–Kier alpha value is -0.610. The minimum atomic E-state index is 0.159. The third kappa shape index (κ3) is 7.53. The van der Waals surface area contributed by atoms with E-state index in [2.05, 4.69) is 5.32 Å². The Balaban J connectivity index is 2.01. The van der Waals surface area contributed by atoms with Crippen LogP contribution in [0.3, 0.4) is 0 Å². The molecule has 1 saturated carbocycles. The average molecular weight is 270 g/mol. The molecule has 0 aliphatic heterocycles. The van der Waals surface area contributed by atoms with Crippen LogP contribution in [0.15, 0.2) is 0 Å². The molecule has 0 radical (unpaired) electrons. The Kier molecular flexibility index (Phi) is 8.07. The summed E-state index contributed by atoms with van der Waals surface area (Å²) in [5, 5.41) is 2.99. The lowest BCUT2D eigenvalue weighted by atomic mass is 9.83. The molecule has 2 atom stereocenters. The van der Waals surface area contributed by atoms with E-state index < -0.39 is 0 Å². The van der Waals surface area contributed by atoms with E-state index in [0.29, 0.717) is 18.4 Å². The lowest BCUT2D eigenvalue weighted by molar-refractivity contribution is -0.122. The van der Waals surface area contributed by atoms with Gasteiger partial charge in [0.2, 0.25) is 5.91 Å². The van der Waals surface area contributed by atoms with Gasteiger partial charge in [-0.3, -0.25) is 4.79 Å². The number of hydrogen-bond donors (Lipinski definition) is 2. The van der Waals surface area contributed by atoms with Gasteiger partial charge in [-0.25, -0.2) is 0 Å². The second-order valence-corrected chi connectivity index (χ2v) is 5.89. The third-order valence-corrected chi connectivity index (χ3v) is 3.76. The molecule has 0 spiro atoms. The second kappa shape index (κ2) is 9.32. The molecular formula is C15H30N2O2. The summed E-state index contributed by atoms with van der Waals surface area (Å²) in [6.45, 7) is 5.60. The van der Waals surface area contributed by atoms with Gasteiger partial charge >= 0.3 is 0 Å². The van der Waals surface area contributed by atoms with Crippen molar-refractivity contribution < 1.29 is 9.53 Å². The minimum absolute atomic E-state index is 0.159. The van der Waals surface area contributed by atoms with Crippen molar-refractivity contribution in [3.05, 3.63) is 0 Å². The Morgan fingerprint density at radius 1 is 1.32 bits per heavy atom. The molecule has 0 bridgehead atoms. The van der Waals surface area contributed by atoms with Crippen LogP contribution in [0.1, 0.15) is 58.8 Å². The molecule has 1 fully saturated rings. The van der Waals surface area contributed by atoms with E-state index in [-0.39, 0.29) is 11.9 Å². The van der Waals surface area contributed by atoms with Gasteiger partial charge in [-0.1, -0.05) is 12.8 Å². The highest BCUT2D eigenvalue weighted by Gasteiger charge is 2.23. The van der Waals surface area contributed by atoms with Crippen LogP contribution in [0.5, 0.6) is 0 Å². The molecule has 1 rings (SSSR count). The smallest absolute Gasteiger partial charge is 0.220 e. The fraction of sp³-hybridized carbons (Fsp3) is 0.933. The first-order chi connectivity index (χ1) is 9.09. The average Bonchev–Trinajstić information content (AvgIpc) is 2.36. The molecule has 0 heterocycles. The molecule has 0 saturated heterocycles. The fourth-order valence-corrected chi connectivity index (χ4v) is 2.57. The lowest BCUT2D eigenvalue weighted by Crippen LogP contribution is -2.37. The summed E-state index contributed by atoms with van der Waals surface area (Å²) < 4.78 is 5.46. The van der Waals surface area contributed by atoms with Crippen molar-refractivity contribution in [1.82, 2.24) is 5.32 Å². The standard InChI is InChI=1S/C15H30N2O2/c1-12(2)19-10-6-5-9-17-15(18)11-13-7-3-4-8-14(13)16/h12-14H,3-11,16H2,1-2H3,(H,17,18). The van der Waals surface area contributed by atoms with Crippen LogP contribution in [0.2, 0.25) is 0 Å². The molecule has 4 heteroatoms. The summed E-state index contributed by atoms with van der Waals surface area (Å²) in [5.41, 5.74) is 6.05. The molecule has 1 aliphatic rings. The molecule has 1 aliphatic carbocycles. The molecule has 0 aromatic heterocycles. The van der Waals surface area contributed by atoms with Crippen LogP contribution in [-0.4, -0.2) is 31.2 Å². The number of hydrogen-bond acceptors (Lipinski definition) is 3. The molecule has 4 nitrogen and oxygen atoms in total. The molecule has 112 valence electrons. The maximum absolute atomic E-state index is 11.8. The summed E-state index contributed by atoms with van der Waals surface area (Å²) >= 11 is 0. The van der Waals surface area contributed by atoms with Crippen molar-refractivity contribution in [1.29, 1.82) is 0 Å². The van der Waals surface area contributed by atoms with Gasteiger partial charge in [0.15, 0.2) is 0 Å². The van der Waals surface area contributed by atoms with Gasteiger partial charge in [-0.15, -0.1) is 0 Å². The maximum Gasteiger partial charge on any atom is 0.220 e. The molecular weight excluding hydrogens is 240 g/mol. The van der Waals surface area contributed by atoms with Gasteiger partial charge in [0, 0.05) is 25.6 Å². The first-order valence-corrected chi connectivity index (χ1v) is 7.73. The van der Waals surface area contributed by atoms with E-state index in [0.717, 1.165) is 38.8 Å². The topological polar surface area (TPSA) is 64.3 Å². The number of nitrogens with one attached hydrogen (secondary N) is 1. The van der Waals surface area contributed by atoms with Crippen molar-refractivity contribution in [2.75, 3.05) is 13.2 Å². The highest BCUT2D eigenvalue weighted by molar-refractivity contribution is 5.76. The maximum atomic E-state index is 11.8. The summed E-state index contributed by atoms with van der Waals surface area (Å²) in [6.07, 6.45) is 7.50. The van der Waals surface area contributed by atoms with Crippen LogP contribution >= 0.6 is 0 Å². The monoisotopic (exact) mass is 270 g/mol. The van der Waals surface area contributed by atoms with Crippen LogP contribution in [0.25, 0.3) is 0 Å². The Bertz CT molecular complexity index is 257. The second-order valence-electron chi connectivity index (χ2n) is 5.89. The van der Waals surface area contributed by atoms with Crippen molar-refractivity contribution in [3.63, 3.8) is 0 Å². The van der Waals surface area contributed by atoms with Gasteiger partial charge in [0.1, 0.15) is 0 Å². The van der Waals surface area contributed by atoms with Gasteiger partial charge in [0.25, 0.3) is 0 Å². The first kappa shape index (κ1) is 16.4. The summed E-state index contributed by atoms with van der Waals surface area (Å²) in [4.78, 5) is 11.8. The lowest BCUT2D eigenvalue weighted by Gasteiger charge is -2.27. The normalized spacial score (nSPS) is 23.6. The van der Waals surface area contributed by atoms with Crippen molar-refractivity contribution in [2.24, 2.45) is 11.7 Å². The number of nitrogens with two attached hydrogens (primary N) is 1. The van der Waals surface area contributed by atoms with E-state index >= 15 is 0 Å². The third-order valence-electron chi connectivity index (χ3n) is 3.76. The zero-order chi connectivity index (χ0) is 14.1. The van der Waals surface area contributed by atoms with Gasteiger partial charge in [0.05, 0.1) is 6.10 Å². The van der Waals surface area contributed by atoms with Crippen LogP contribution in [0, 0.1) is 5.92 Å². The molecule has 1 amide bonds. The minimum Gasteiger partial charge on any atom is -0.379 e. The highest BCUT2D eigenvalue weighted by Crippen LogP contribution is 2.25. The molecule has 19 heavy (non-hydrogen) atoms. The van der Waals surface area contributed by atoms with E-state index in [1.54, 1.807) is 0 Å². The summed E-state index contributed by atoms with van der Waals surface area (Å²) in [6, 6.07) is 0.221. The predicted molar refractivity (Wildman–Crippen MR) is 77.9 cm³/mol. The number of rotatable bonds is 8. The number of unbranched alkanes of at least 4 members (excludes halogenated alkanes) is 1. The van der Waals surface area contributed by atoms with Crippen molar-refractivity contribution in [3.8, 4) is 0 Å². The highest BCUT2D eigenvalue weighted by atomic mass is 16.5. The predicted octanol–water partition coefficient (Wildman–Crippen LogP) is 2.22. The zero-order valence-corrected chi connectivity index (χ0v) is 12.5. The van der Waals surface area contributed by atoms with Crippen LogP contribution in [0.4, 0.5) is 0 Å². The quantitative estimate of drug-likeness (QED) is 0.665. The van der Waals surface area contributed by atoms with E-state index in [1.807, 2.05) is 13.8 Å². The molecule has 2 unspecified atom stereocenters. The van der Waals surface area contributed by atoms with E-state index in [9.17, 15) is 4.79 Å².